The number of hydrogen-bond acceptors (Lipinski definition) is 3. The number of rotatable bonds is 8. The number of carboxylic acids is 1. The lowest BCUT2D eigenvalue weighted by atomic mass is 9.90. The van der Waals surface area contributed by atoms with Crippen LogP contribution in [-0.4, -0.2) is 39.2 Å². The molecule has 1 fully saturated rings. The van der Waals surface area contributed by atoms with Gasteiger partial charge in [-0.25, -0.2) is 14.0 Å². The monoisotopic (exact) mass is 478 g/mol. The number of carbonyl (C=O) groups is 2. The summed E-state index contributed by atoms with van der Waals surface area (Å²) in [4.78, 5) is 27.1. The van der Waals surface area contributed by atoms with Gasteiger partial charge in [-0.15, -0.1) is 0 Å². The summed E-state index contributed by atoms with van der Waals surface area (Å²) in [7, 11) is 0. The number of amides is 1. The number of aliphatic carboxylic acids is 1. The third-order valence-electron chi connectivity index (χ3n) is 7.35. The highest BCUT2D eigenvalue weighted by Gasteiger charge is 2.37. The first kappa shape index (κ1) is 23.4. The van der Waals surface area contributed by atoms with Crippen molar-refractivity contribution in [2.45, 2.75) is 64.1 Å². The van der Waals surface area contributed by atoms with E-state index in [2.05, 4.69) is 0 Å². The van der Waals surface area contributed by atoms with Crippen LogP contribution in [0, 0.1) is 11.7 Å². The first-order valence-corrected chi connectivity index (χ1v) is 12.5. The lowest BCUT2D eigenvalue weighted by Gasteiger charge is -2.34. The van der Waals surface area contributed by atoms with Crippen molar-refractivity contribution in [3.05, 3.63) is 71.2 Å². The summed E-state index contributed by atoms with van der Waals surface area (Å²) in [6.45, 7) is 2.74. The van der Waals surface area contributed by atoms with E-state index in [9.17, 15) is 19.1 Å². The molecule has 1 heterocycles. The van der Waals surface area contributed by atoms with Crippen molar-refractivity contribution in [2.24, 2.45) is 5.92 Å². The molecule has 3 aromatic rings. The van der Waals surface area contributed by atoms with E-state index in [0.717, 1.165) is 47.0 Å². The van der Waals surface area contributed by atoms with Crippen LogP contribution in [0.5, 0.6) is 0 Å². The van der Waals surface area contributed by atoms with E-state index in [1.165, 1.54) is 12.1 Å². The van der Waals surface area contributed by atoms with Crippen LogP contribution in [0.15, 0.2) is 48.5 Å². The molecule has 35 heavy (non-hydrogen) atoms. The van der Waals surface area contributed by atoms with Crippen LogP contribution < -0.4 is 0 Å². The summed E-state index contributed by atoms with van der Waals surface area (Å²) in [6.07, 6.45) is 4.25. The number of fused-ring (bicyclic) bond motifs is 3. The summed E-state index contributed by atoms with van der Waals surface area (Å²) >= 11 is 0. The molecule has 2 aliphatic carbocycles. The van der Waals surface area contributed by atoms with Crippen molar-refractivity contribution in [1.82, 2.24) is 9.47 Å². The molecule has 5 rings (SSSR count). The zero-order valence-electron chi connectivity index (χ0n) is 20.0. The third-order valence-corrected chi connectivity index (χ3v) is 7.35. The minimum atomic E-state index is -0.890. The van der Waals surface area contributed by atoms with Crippen LogP contribution in [0.25, 0.3) is 10.9 Å². The normalized spacial score (nSPS) is 18.2. The highest BCUT2D eigenvalue weighted by Crippen LogP contribution is 2.38. The zero-order valence-corrected chi connectivity index (χ0v) is 20.0. The number of carbonyl (C=O) groups excluding carboxylic acids is 1. The molecule has 0 spiro atoms. The molecule has 1 N–H and O–H groups in total. The molecule has 2 unspecified atom stereocenters. The van der Waals surface area contributed by atoms with E-state index in [1.54, 1.807) is 6.07 Å². The number of hydrogen-bond donors (Lipinski definition) is 1. The molecule has 0 aliphatic heterocycles. The van der Waals surface area contributed by atoms with Crippen LogP contribution in [-0.2, 0) is 29.0 Å². The number of nitrogens with zero attached hydrogens (tertiary/aromatic N) is 2. The van der Waals surface area contributed by atoms with E-state index >= 15 is 0 Å². The minimum Gasteiger partial charge on any atom is -0.480 e. The van der Waals surface area contributed by atoms with Crippen molar-refractivity contribution < 1.29 is 23.8 Å². The maximum absolute atomic E-state index is 14.3. The van der Waals surface area contributed by atoms with Gasteiger partial charge in [0.05, 0.1) is 0 Å². The van der Waals surface area contributed by atoms with Crippen molar-refractivity contribution in [2.75, 3.05) is 6.54 Å². The second kappa shape index (κ2) is 9.72. The number of aromatic nitrogens is 1. The summed E-state index contributed by atoms with van der Waals surface area (Å²) in [6, 6.07) is 13.4. The standard InChI is InChI=1S/C28H31FN2O4/c1-2-24(27(32)33)31-25-12-10-20(29)14-22(25)23-15-21(11-13-26(23)31)30(16-18-8-9-18)28(34)35-17-19-6-4-3-5-7-19/h3-7,10,12,14,18,21,24H,2,8-9,11,13,15-17H2,1H3,(H,32,33). The SMILES string of the molecule is CCC(C(=O)O)n1c2c(c3cc(F)ccc31)CC(N(CC1CC1)C(=O)OCc1ccccc1)CC2. The predicted molar refractivity (Wildman–Crippen MR) is 131 cm³/mol. The van der Waals surface area contributed by atoms with Gasteiger partial charge in [0.15, 0.2) is 0 Å². The number of carboxylic acid groups (broad SMARTS) is 1. The number of halogens is 1. The lowest BCUT2D eigenvalue weighted by Crippen LogP contribution is -2.45. The fraction of sp³-hybridized carbons (Fsp3) is 0.429. The Bertz CT molecular complexity index is 1230. The Kier molecular flexibility index (Phi) is 6.50. The first-order valence-electron chi connectivity index (χ1n) is 12.5. The molecule has 2 aliphatic rings. The molecule has 0 radical (unpaired) electrons. The minimum absolute atomic E-state index is 0.0707. The average molecular weight is 479 g/mol. The lowest BCUT2D eigenvalue weighted by molar-refractivity contribution is -0.140. The summed E-state index contributed by atoms with van der Waals surface area (Å²) < 4.78 is 21.9. The van der Waals surface area contributed by atoms with Gasteiger partial charge in [0.25, 0.3) is 0 Å². The van der Waals surface area contributed by atoms with Crippen molar-refractivity contribution in [3.8, 4) is 0 Å². The smallest absolute Gasteiger partial charge is 0.410 e. The molecular formula is C28H31FN2O4. The molecule has 1 aromatic heterocycles. The fourth-order valence-corrected chi connectivity index (χ4v) is 5.39. The Morgan fingerprint density at radius 2 is 1.94 bits per heavy atom. The van der Waals surface area contributed by atoms with E-state index in [0.29, 0.717) is 31.7 Å². The van der Waals surface area contributed by atoms with Gasteiger partial charge in [-0.3, -0.25) is 0 Å². The van der Waals surface area contributed by atoms with E-state index in [1.807, 2.05) is 46.7 Å². The molecule has 0 saturated heterocycles. The van der Waals surface area contributed by atoms with E-state index < -0.39 is 12.0 Å². The molecule has 0 bridgehead atoms. The summed E-state index contributed by atoms with van der Waals surface area (Å²) in [5.41, 5.74) is 3.58. The van der Waals surface area contributed by atoms with Crippen LogP contribution in [0.1, 0.15) is 55.5 Å². The quantitative estimate of drug-likeness (QED) is 0.449. The van der Waals surface area contributed by atoms with Gasteiger partial charge in [0, 0.05) is 29.2 Å². The van der Waals surface area contributed by atoms with Crippen LogP contribution >= 0.6 is 0 Å². The van der Waals surface area contributed by atoms with Crippen molar-refractivity contribution in [1.29, 1.82) is 0 Å². The molecule has 2 atom stereocenters. The van der Waals surface area contributed by atoms with Gasteiger partial charge in [0.2, 0.25) is 0 Å². The second-order valence-electron chi connectivity index (χ2n) is 9.75. The van der Waals surface area contributed by atoms with E-state index in [-0.39, 0.29) is 24.6 Å². The second-order valence-corrected chi connectivity index (χ2v) is 9.75. The molecule has 1 amide bonds. The van der Waals surface area contributed by atoms with Crippen LogP contribution in [0.2, 0.25) is 0 Å². The Morgan fingerprint density at radius 1 is 1.17 bits per heavy atom. The van der Waals surface area contributed by atoms with Gasteiger partial charge in [0.1, 0.15) is 18.5 Å². The molecule has 184 valence electrons. The topological polar surface area (TPSA) is 71.8 Å². The fourth-order valence-electron chi connectivity index (χ4n) is 5.39. The Labute approximate surface area is 204 Å². The van der Waals surface area contributed by atoms with Gasteiger partial charge in [-0.05, 0) is 73.8 Å². The van der Waals surface area contributed by atoms with Gasteiger partial charge >= 0.3 is 12.1 Å². The predicted octanol–water partition coefficient (Wildman–Crippen LogP) is 5.72. The van der Waals surface area contributed by atoms with Crippen molar-refractivity contribution >= 4 is 23.0 Å². The Morgan fingerprint density at radius 3 is 2.63 bits per heavy atom. The highest BCUT2D eigenvalue weighted by atomic mass is 19.1. The third kappa shape index (κ3) is 4.77. The molecule has 6 nitrogen and oxygen atoms in total. The van der Waals surface area contributed by atoms with E-state index in [4.69, 9.17) is 4.74 Å². The average Bonchev–Trinajstić information content (AvgIpc) is 3.64. The van der Waals surface area contributed by atoms with Crippen molar-refractivity contribution in [3.63, 3.8) is 0 Å². The molecule has 2 aromatic carbocycles. The Balaban J connectivity index is 1.45. The van der Waals surface area contributed by atoms with Crippen LogP contribution in [0.4, 0.5) is 9.18 Å². The molecule has 7 heteroatoms. The largest absolute Gasteiger partial charge is 0.480 e. The van der Waals surface area contributed by atoms with Gasteiger partial charge in [-0.1, -0.05) is 37.3 Å². The summed E-state index contributed by atoms with van der Waals surface area (Å²) in [5.74, 6) is -0.741. The zero-order chi connectivity index (χ0) is 24.5. The summed E-state index contributed by atoms with van der Waals surface area (Å²) in [5, 5.41) is 10.6. The number of benzene rings is 2. The first-order chi connectivity index (χ1) is 17.0. The Hall–Kier alpha value is -3.35. The highest BCUT2D eigenvalue weighted by molar-refractivity contribution is 5.88. The van der Waals surface area contributed by atoms with Crippen LogP contribution in [0.3, 0.4) is 0 Å². The van der Waals surface area contributed by atoms with Gasteiger partial charge < -0.3 is 19.3 Å². The number of ether oxygens (including phenoxy) is 1. The van der Waals surface area contributed by atoms with Gasteiger partial charge in [-0.2, -0.15) is 0 Å². The molecular weight excluding hydrogens is 447 g/mol. The molecule has 1 saturated carbocycles. The maximum Gasteiger partial charge on any atom is 0.410 e. The maximum atomic E-state index is 14.3.